The molecule has 0 bridgehead atoms. The van der Waals surface area contributed by atoms with Crippen LogP contribution < -0.4 is 4.74 Å². The summed E-state index contributed by atoms with van der Waals surface area (Å²) in [5, 5.41) is 0. The fourth-order valence-corrected chi connectivity index (χ4v) is 2.38. The fraction of sp³-hybridized carbons (Fsp3) is 0.300. The van der Waals surface area contributed by atoms with Gasteiger partial charge in [-0.05, 0) is 55.2 Å². The lowest BCUT2D eigenvalue weighted by molar-refractivity contribution is 0.303. The first-order valence-corrected chi connectivity index (χ1v) is 8.01. The van der Waals surface area contributed by atoms with Gasteiger partial charge in [-0.2, -0.15) is 0 Å². The van der Waals surface area contributed by atoms with Crippen LogP contribution in [0.2, 0.25) is 0 Å². The molecule has 1 nitrogen and oxygen atoms in total. The summed E-state index contributed by atoms with van der Waals surface area (Å²) in [5.41, 5.74) is 0.775. The van der Waals surface area contributed by atoms with E-state index >= 15 is 0 Å². The molecule has 1 aliphatic carbocycles. The molecule has 0 radical (unpaired) electrons. The van der Waals surface area contributed by atoms with Crippen molar-refractivity contribution in [1.82, 2.24) is 0 Å². The van der Waals surface area contributed by atoms with Crippen LogP contribution in [0.1, 0.15) is 36.8 Å². The Morgan fingerprint density at radius 2 is 1.54 bits per heavy atom. The fourth-order valence-electron chi connectivity index (χ4n) is 2.38. The van der Waals surface area contributed by atoms with Crippen LogP contribution in [0.15, 0.2) is 36.4 Å². The van der Waals surface area contributed by atoms with E-state index < -0.39 is 17.5 Å². The molecule has 0 spiro atoms. The molecule has 0 atom stereocenters. The van der Waals surface area contributed by atoms with Crippen LogP contribution in [0.25, 0.3) is 0 Å². The molecule has 4 heteroatoms. The normalized spacial score (nSPS) is 13.3. The van der Waals surface area contributed by atoms with E-state index in [4.69, 9.17) is 4.74 Å². The first-order chi connectivity index (χ1) is 11.6. The summed E-state index contributed by atoms with van der Waals surface area (Å²) in [7, 11) is 0. The molecular weight excluding hydrogens is 313 g/mol. The number of halogens is 3. The minimum Gasteiger partial charge on any atom is -0.494 e. The minimum absolute atomic E-state index is 0.0896. The zero-order chi connectivity index (χ0) is 16.9. The van der Waals surface area contributed by atoms with Crippen molar-refractivity contribution in [3.05, 3.63) is 65.0 Å². The molecule has 1 fully saturated rings. The zero-order valence-electron chi connectivity index (χ0n) is 13.1. The van der Waals surface area contributed by atoms with E-state index in [9.17, 15) is 13.2 Å². The van der Waals surface area contributed by atoms with Gasteiger partial charge < -0.3 is 4.74 Å². The predicted molar refractivity (Wildman–Crippen MR) is 86.2 cm³/mol. The molecule has 0 amide bonds. The standard InChI is InChI=1S/C20H17F3O/c21-18-12-16(13-19(22)20(18)23)6-5-15-7-9-17(10-8-15)24-11-1-2-14-3-4-14/h7-10,12-14H,1-4,11H2. The Kier molecular flexibility index (Phi) is 5.10. The van der Waals surface area contributed by atoms with E-state index in [-0.39, 0.29) is 5.56 Å². The zero-order valence-corrected chi connectivity index (χ0v) is 13.1. The van der Waals surface area contributed by atoms with Crippen molar-refractivity contribution in [2.24, 2.45) is 5.92 Å². The number of hydrogen-bond donors (Lipinski definition) is 0. The Hall–Kier alpha value is -2.41. The lowest BCUT2D eigenvalue weighted by atomic mass is 10.1. The smallest absolute Gasteiger partial charge is 0.194 e. The van der Waals surface area contributed by atoms with Gasteiger partial charge in [-0.25, -0.2) is 13.2 Å². The van der Waals surface area contributed by atoms with Gasteiger partial charge in [-0.1, -0.05) is 24.7 Å². The van der Waals surface area contributed by atoms with E-state index in [1.807, 2.05) is 12.1 Å². The second kappa shape index (κ2) is 7.44. The molecule has 0 unspecified atom stereocenters. The Morgan fingerprint density at radius 3 is 2.17 bits per heavy atom. The molecule has 0 aromatic heterocycles. The van der Waals surface area contributed by atoms with E-state index in [1.54, 1.807) is 12.1 Å². The van der Waals surface area contributed by atoms with Gasteiger partial charge in [0.15, 0.2) is 17.5 Å². The van der Waals surface area contributed by atoms with Crippen LogP contribution in [-0.2, 0) is 0 Å². The van der Waals surface area contributed by atoms with E-state index in [2.05, 4.69) is 11.8 Å². The van der Waals surface area contributed by atoms with Gasteiger partial charge in [-0.3, -0.25) is 0 Å². The molecule has 2 aromatic carbocycles. The van der Waals surface area contributed by atoms with Gasteiger partial charge in [0, 0.05) is 11.1 Å². The second-order valence-electron chi connectivity index (χ2n) is 5.96. The van der Waals surface area contributed by atoms with Crippen LogP contribution in [0.4, 0.5) is 13.2 Å². The average Bonchev–Trinajstić information content (AvgIpc) is 3.40. The van der Waals surface area contributed by atoms with Crippen molar-refractivity contribution in [3.63, 3.8) is 0 Å². The van der Waals surface area contributed by atoms with Crippen LogP contribution in [0.3, 0.4) is 0 Å². The number of benzene rings is 2. The van der Waals surface area contributed by atoms with Crippen LogP contribution in [0, 0.1) is 35.2 Å². The molecule has 1 saturated carbocycles. The Balaban J connectivity index is 1.57. The predicted octanol–water partition coefficient (Wildman–Crippen LogP) is 5.07. The summed E-state index contributed by atoms with van der Waals surface area (Å²) in [4.78, 5) is 0. The molecule has 24 heavy (non-hydrogen) atoms. The summed E-state index contributed by atoms with van der Waals surface area (Å²) < 4.78 is 44.8. The molecule has 124 valence electrons. The molecular formula is C20H17F3O. The van der Waals surface area contributed by atoms with Crippen LogP contribution in [0.5, 0.6) is 5.75 Å². The number of hydrogen-bond acceptors (Lipinski definition) is 1. The number of ether oxygens (including phenoxy) is 1. The lowest BCUT2D eigenvalue weighted by Gasteiger charge is -2.05. The van der Waals surface area contributed by atoms with Gasteiger partial charge in [0.2, 0.25) is 0 Å². The summed E-state index contributed by atoms with van der Waals surface area (Å²) in [6.07, 6.45) is 5.01. The van der Waals surface area contributed by atoms with Crippen molar-refractivity contribution in [3.8, 4) is 17.6 Å². The number of rotatable bonds is 5. The molecule has 0 N–H and O–H groups in total. The van der Waals surface area contributed by atoms with Gasteiger partial charge >= 0.3 is 0 Å². The highest BCUT2D eigenvalue weighted by atomic mass is 19.2. The largest absolute Gasteiger partial charge is 0.494 e. The van der Waals surface area contributed by atoms with E-state index in [0.717, 1.165) is 30.2 Å². The summed E-state index contributed by atoms with van der Waals surface area (Å²) >= 11 is 0. The third-order valence-electron chi connectivity index (χ3n) is 3.91. The van der Waals surface area contributed by atoms with Crippen LogP contribution >= 0.6 is 0 Å². The molecule has 0 heterocycles. The molecule has 0 saturated heterocycles. The summed E-state index contributed by atoms with van der Waals surface area (Å²) in [6, 6.07) is 8.93. The highest BCUT2D eigenvalue weighted by molar-refractivity contribution is 5.44. The average molecular weight is 330 g/mol. The third kappa shape index (κ3) is 4.55. The Bertz CT molecular complexity index is 745. The molecule has 3 rings (SSSR count). The monoisotopic (exact) mass is 330 g/mol. The maximum absolute atomic E-state index is 13.1. The van der Waals surface area contributed by atoms with Crippen molar-refractivity contribution in [2.45, 2.75) is 25.7 Å². The first kappa shape index (κ1) is 16.4. The molecule has 2 aromatic rings. The molecule has 0 aliphatic heterocycles. The van der Waals surface area contributed by atoms with Gasteiger partial charge in [0.1, 0.15) is 5.75 Å². The SMILES string of the molecule is Fc1cc(C#Cc2ccc(OCCCC3CC3)cc2)cc(F)c1F. The lowest BCUT2D eigenvalue weighted by Crippen LogP contribution is -1.97. The summed E-state index contributed by atoms with van der Waals surface area (Å²) in [5.74, 6) is 3.13. The highest BCUT2D eigenvalue weighted by Gasteiger charge is 2.20. The van der Waals surface area contributed by atoms with Crippen molar-refractivity contribution >= 4 is 0 Å². The van der Waals surface area contributed by atoms with Crippen LogP contribution in [-0.4, -0.2) is 6.61 Å². The topological polar surface area (TPSA) is 9.23 Å². The Morgan fingerprint density at radius 1 is 0.917 bits per heavy atom. The maximum Gasteiger partial charge on any atom is 0.194 e. The minimum atomic E-state index is -1.48. The Labute approximate surface area is 139 Å². The molecule has 1 aliphatic rings. The van der Waals surface area contributed by atoms with E-state index in [1.165, 1.54) is 19.3 Å². The van der Waals surface area contributed by atoms with Crippen molar-refractivity contribution in [1.29, 1.82) is 0 Å². The first-order valence-electron chi connectivity index (χ1n) is 8.01. The highest BCUT2D eigenvalue weighted by Crippen LogP contribution is 2.33. The maximum atomic E-state index is 13.1. The quantitative estimate of drug-likeness (QED) is 0.422. The van der Waals surface area contributed by atoms with Gasteiger partial charge in [0.05, 0.1) is 6.61 Å². The van der Waals surface area contributed by atoms with Gasteiger partial charge in [0.25, 0.3) is 0 Å². The second-order valence-corrected chi connectivity index (χ2v) is 5.96. The van der Waals surface area contributed by atoms with Gasteiger partial charge in [-0.15, -0.1) is 0 Å². The van der Waals surface area contributed by atoms with Crippen molar-refractivity contribution in [2.75, 3.05) is 6.61 Å². The van der Waals surface area contributed by atoms with Crippen molar-refractivity contribution < 1.29 is 17.9 Å². The van der Waals surface area contributed by atoms with E-state index in [0.29, 0.717) is 12.2 Å². The summed E-state index contributed by atoms with van der Waals surface area (Å²) in [6.45, 7) is 0.704. The third-order valence-corrected chi connectivity index (χ3v) is 3.91.